The normalized spacial score (nSPS) is 22.5. The van der Waals surface area contributed by atoms with Gasteiger partial charge in [0.25, 0.3) is 11.8 Å². The topological polar surface area (TPSA) is 343 Å². The van der Waals surface area contributed by atoms with Crippen LogP contribution in [0, 0.1) is 5.92 Å². The number of hydrogen-bond donors (Lipinski definition) is 9. The molecule has 3 aromatic rings. The molecule has 1 saturated heterocycles. The van der Waals surface area contributed by atoms with E-state index in [1.807, 2.05) is 0 Å². The molecule has 0 unspecified atom stereocenters. The number of unbranched alkanes of at least 4 members (excludes halogenated alkanes) is 2. The van der Waals surface area contributed by atoms with E-state index in [0.29, 0.717) is 30.5 Å². The summed E-state index contributed by atoms with van der Waals surface area (Å²) in [4.78, 5) is 118. The van der Waals surface area contributed by atoms with Crippen LogP contribution in [-0.2, 0) is 56.0 Å². The van der Waals surface area contributed by atoms with E-state index in [9.17, 15) is 68.7 Å². The lowest BCUT2D eigenvalue weighted by atomic mass is 9.72. The number of phenolic OH excluding ortho intramolecular Hbond substituents is 2. The Morgan fingerprint density at radius 1 is 0.868 bits per heavy atom. The molecule has 4 aliphatic rings. The molecule has 406 valence electrons. The number of Topliss-reactive ketones (excluding diaryl/α,β-unsaturated/α-hetero) is 1. The van der Waals surface area contributed by atoms with E-state index in [2.05, 4.69) is 21.3 Å². The number of ether oxygens (including phenoxy) is 4. The number of imide groups is 1. The summed E-state index contributed by atoms with van der Waals surface area (Å²) in [7, 11) is 1.29. The van der Waals surface area contributed by atoms with E-state index in [1.165, 1.54) is 51.3 Å². The first-order valence-corrected chi connectivity index (χ1v) is 24.8. The average Bonchev–Trinajstić information content (AvgIpc) is 3.72. The van der Waals surface area contributed by atoms with E-state index in [4.69, 9.17) is 18.9 Å². The SMILES string of the molecule is COc1cccc2c1C(=O)c1c(O)c3c(c(O)c1C2=O)C[C@@](O)(C(=O)CO)C[C@@H]3O[C@H]1C[C@H](NC(=O)OCc2ccc(NC(=O)[C@H](C)NC(=O)[C@@H](NC(=O)CCCCCN3C(=O)C=CC3=O)C(C)C)cc2)[C@H](O)[C@H](C)O1. The van der Waals surface area contributed by atoms with E-state index >= 15 is 0 Å². The van der Waals surface area contributed by atoms with Crippen LogP contribution in [0.15, 0.2) is 54.6 Å². The number of rotatable bonds is 20. The van der Waals surface area contributed by atoms with Crippen LogP contribution in [0.25, 0.3) is 0 Å². The number of aliphatic hydroxyl groups excluding tert-OH is 2. The van der Waals surface area contributed by atoms with Crippen LogP contribution >= 0.6 is 0 Å². The zero-order chi connectivity index (χ0) is 55.3. The third-order valence-electron chi connectivity index (χ3n) is 13.9. The highest BCUT2D eigenvalue weighted by Gasteiger charge is 2.50. The molecule has 7 rings (SSSR count). The van der Waals surface area contributed by atoms with Crippen LogP contribution in [0.2, 0.25) is 0 Å². The van der Waals surface area contributed by atoms with Gasteiger partial charge in [0.05, 0.1) is 42.0 Å². The van der Waals surface area contributed by atoms with Crippen LogP contribution < -0.4 is 26.0 Å². The highest BCUT2D eigenvalue weighted by atomic mass is 16.7. The molecule has 0 spiro atoms. The van der Waals surface area contributed by atoms with Crippen molar-refractivity contribution >= 4 is 58.7 Å². The number of nitrogens with one attached hydrogen (secondary N) is 4. The lowest BCUT2D eigenvalue weighted by Crippen LogP contribution is -2.56. The molecule has 0 radical (unpaired) electrons. The van der Waals surface area contributed by atoms with Crippen LogP contribution in [-0.4, -0.2) is 146 Å². The summed E-state index contributed by atoms with van der Waals surface area (Å²) >= 11 is 0. The third kappa shape index (κ3) is 11.9. The number of methoxy groups -OCH3 is 1. The molecule has 2 heterocycles. The number of benzene rings is 3. The Kier molecular flexibility index (Phi) is 17.4. The lowest BCUT2D eigenvalue weighted by Gasteiger charge is -2.42. The summed E-state index contributed by atoms with van der Waals surface area (Å²) < 4.78 is 22.9. The van der Waals surface area contributed by atoms with Gasteiger partial charge in [-0.2, -0.15) is 0 Å². The fourth-order valence-corrected chi connectivity index (χ4v) is 9.67. The number of phenols is 2. The van der Waals surface area contributed by atoms with Gasteiger partial charge in [-0.1, -0.05) is 44.5 Å². The van der Waals surface area contributed by atoms with Gasteiger partial charge in [-0.05, 0) is 56.4 Å². The molecule has 3 aromatic carbocycles. The number of alkyl carbamates (subject to hydrolysis) is 1. The Hall–Kier alpha value is -7.57. The quantitative estimate of drug-likeness (QED) is 0.0347. The fraction of sp³-hybridized carbons (Fsp3) is 0.453. The molecule has 0 bridgehead atoms. The zero-order valence-electron chi connectivity index (χ0n) is 42.4. The van der Waals surface area contributed by atoms with Gasteiger partial charge in [-0.3, -0.25) is 43.3 Å². The fourth-order valence-electron chi connectivity index (χ4n) is 9.67. The van der Waals surface area contributed by atoms with Crippen molar-refractivity contribution in [1.29, 1.82) is 0 Å². The smallest absolute Gasteiger partial charge is 0.407 e. The van der Waals surface area contributed by atoms with Crippen molar-refractivity contribution in [2.24, 2.45) is 5.92 Å². The highest BCUT2D eigenvalue weighted by molar-refractivity contribution is 6.31. The van der Waals surface area contributed by atoms with Gasteiger partial charge in [0.1, 0.15) is 54.3 Å². The molecule has 0 saturated carbocycles. The number of anilines is 1. The molecule has 76 heavy (non-hydrogen) atoms. The number of amides is 6. The summed E-state index contributed by atoms with van der Waals surface area (Å²) in [6.45, 7) is 5.32. The predicted octanol–water partition coefficient (Wildman–Crippen LogP) is 2.04. The second kappa shape index (κ2) is 23.5. The zero-order valence-corrected chi connectivity index (χ0v) is 42.4. The summed E-state index contributed by atoms with van der Waals surface area (Å²) in [6.07, 6.45) is -3.66. The Morgan fingerprint density at radius 3 is 2.21 bits per heavy atom. The first-order chi connectivity index (χ1) is 36.1. The minimum atomic E-state index is -2.40. The maximum atomic E-state index is 14.0. The first-order valence-electron chi connectivity index (χ1n) is 24.8. The summed E-state index contributed by atoms with van der Waals surface area (Å²) in [6, 6.07) is 7.44. The van der Waals surface area contributed by atoms with Crippen molar-refractivity contribution in [1.82, 2.24) is 20.9 Å². The Morgan fingerprint density at radius 2 is 1.55 bits per heavy atom. The molecule has 1 fully saturated rings. The number of carbonyl (C=O) groups is 9. The first kappa shape index (κ1) is 56.2. The monoisotopic (exact) mass is 1060 g/mol. The molecule has 2 aliphatic heterocycles. The number of fused-ring (bicyclic) bond motifs is 3. The van der Waals surface area contributed by atoms with Gasteiger partial charge in [-0.25, -0.2) is 4.79 Å². The van der Waals surface area contributed by atoms with Crippen molar-refractivity contribution in [2.75, 3.05) is 25.6 Å². The van der Waals surface area contributed by atoms with Gasteiger partial charge < -0.3 is 65.7 Å². The number of hydrogen-bond acceptors (Lipinski definition) is 18. The van der Waals surface area contributed by atoms with Gasteiger partial charge >= 0.3 is 6.09 Å². The van der Waals surface area contributed by atoms with Gasteiger partial charge in [0.2, 0.25) is 23.5 Å². The molecular weight excluding hydrogens is 995 g/mol. The summed E-state index contributed by atoms with van der Waals surface area (Å²) in [5.74, 6) is -6.85. The van der Waals surface area contributed by atoms with Gasteiger partial charge in [0, 0.05) is 66.8 Å². The van der Waals surface area contributed by atoms with Crippen LogP contribution in [0.5, 0.6) is 17.2 Å². The van der Waals surface area contributed by atoms with Crippen molar-refractivity contribution in [3.8, 4) is 17.2 Å². The second-order valence-corrected chi connectivity index (χ2v) is 19.5. The molecule has 9 N–H and O–H groups in total. The van der Waals surface area contributed by atoms with Crippen LogP contribution in [0.4, 0.5) is 10.5 Å². The van der Waals surface area contributed by atoms with E-state index in [0.717, 1.165) is 4.90 Å². The second-order valence-electron chi connectivity index (χ2n) is 19.5. The Labute approximate surface area is 435 Å². The number of aromatic hydroxyl groups is 2. The third-order valence-corrected chi connectivity index (χ3v) is 13.9. The van der Waals surface area contributed by atoms with E-state index < -0.39 is 126 Å². The number of aliphatic hydroxyl groups is 3. The minimum Gasteiger partial charge on any atom is -0.507 e. The average molecular weight is 1060 g/mol. The van der Waals surface area contributed by atoms with Crippen LogP contribution in [0.1, 0.15) is 121 Å². The standard InChI is InChI=1S/C53H61N5O18/c1-25(2)44(57-36(61)12-7-6-8-19-58-37(62)17-18-38(58)63)51(70)54-26(3)50(69)55-29-15-13-28(14-16-29)24-74-52(71)56-32-20-39(75-27(4)45(32)64)76-34-22-53(72,35(60)23-59)21-31-41(34)49(68)43-42(47(31)66)46(65)30-10-9-11-33(73-5)40(30)48(43)67/h9-11,13-18,25-27,32,34,39,44-45,59,64,66,68,72H,6-8,12,19-24H2,1-5H3,(H,54,70)(H,55,69)(H,56,71)(H,57,61)/t26-,27-,32-,34-,39-,44-,45+,53-/m0/s1. The lowest BCUT2D eigenvalue weighted by molar-refractivity contribution is -0.249. The largest absolute Gasteiger partial charge is 0.507 e. The van der Waals surface area contributed by atoms with Crippen LogP contribution in [0.3, 0.4) is 0 Å². The van der Waals surface area contributed by atoms with Gasteiger partial charge in [0.15, 0.2) is 17.9 Å². The molecule has 8 atom stereocenters. The predicted molar refractivity (Wildman–Crippen MR) is 265 cm³/mol. The van der Waals surface area contributed by atoms with E-state index in [1.54, 1.807) is 38.1 Å². The van der Waals surface area contributed by atoms with Crippen molar-refractivity contribution in [3.05, 3.63) is 93.6 Å². The molecular formula is C53H61N5O18. The molecule has 23 nitrogen and oxygen atoms in total. The van der Waals surface area contributed by atoms with E-state index in [-0.39, 0.29) is 77.6 Å². The number of ketones is 3. The summed E-state index contributed by atoms with van der Waals surface area (Å²) in [5.41, 5.74) is -3.51. The Balaban J connectivity index is 0.923. The molecule has 0 aromatic heterocycles. The summed E-state index contributed by atoms with van der Waals surface area (Å²) in [5, 5.41) is 66.7. The maximum Gasteiger partial charge on any atom is 0.407 e. The maximum absolute atomic E-state index is 14.0. The van der Waals surface area contributed by atoms with Gasteiger partial charge in [-0.15, -0.1) is 0 Å². The molecule has 6 amide bonds. The molecule has 23 heteroatoms. The number of carbonyl (C=O) groups excluding carboxylic acids is 9. The minimum absolute atomic E-state index is 0.0286. The highest BCUT2D eigenvalue weighted by Crippen LogP contribution is 2.52. The molecule has 2 aliphatic carbocycles. The number of nitrogens with zero attached hydrogens (tertiary/aromatic N) is 1. The Bertz CT molecular complexity index is 2830. The van der Waals surface area contributed by atoms with Crippen molar-refractivity contribution in [3.63, 3.8) is 0 Å². The van der Waals surface area contributed by atoms with Crippen molar-refractivity contribution < 1.29 is 87.6 Å². The van der Waals surface area contributed by atoms with Crippen molar-refractivity contribution in [2.45, 2.75) is 128 Å².